The van der Waals surface area contributed by atoms with Gasteiger partial charge in [0.25, 0.3) is 5.91 Å². The van der Waals surface area contributed by atoms with Crippen LogP contribution in [0.1, 0.15) is 17.4 Å². The van der Waals surface area contributed by atoms with Crippen LogP contribution in [0.5, 0.6) is 0 Å². The van der Waals surface area contributed by atoms with Crippen LogP contribution in [0, 0.1) is 0 Å². The third kappa shape index (κ3) is 4.39. The normalized spacial score (nSPS) is 15.2. The van der Waals surface area contributed by atoms with Gasteiger partial charge in [-0.05, 0) is 30.8 Å². The maximum absolute atomic E-state index is 12.5. The molecule has 0 aliphatic carbocycles. The van der Waals surface area contributed by atoms with Crippen LogP contribution in [0.15, 0.2) is 30.5 Å². The number of carbonyl (C=O) groups excluding carboxylic acids is 1. The van der Waals surface area contributed by atoms with E-state index in [4.69, 9.17) is 23.2 Å². The average Bonchev–Trinajstić information content (AvgIpc) is 2.65. The summed E-state index contributed by atoms with van der Waals surface area (Å²) in [6.07, 6.45) is 1.60. The Bertz CT molecular complexity index is 762. The van der Waals surface area contributed by atoms with Crippen molar-refractivity contribution in [3.8, 4) is 0 Å². The molecule has 0 spiro atoms. The standard InChI is InChI=1S/C17H19Cl2N5O/c1-2-23-7-9-24(10-8-23)17-20-6-5-14(22-17)16(25)21-15-11-12(18)3-4-13(15)19/h3-6,11H,2,7-10H2,1H3,(H,21,25). The average molecular weight is 380 g/mol. The van der Waals surface area contributed by atoms with E-state index in [1.807, 2.05) is 0 Å². The number of hydrogen-bond donors (Lipinski definition) is 1. The SMILES string of the molecule is CCN1CCN(c2nccc(C(=O)Nc3cc(Cl)ccc3Cl)n2)CC1. The highest BCUT2D eigenvalue weighted by Gasteiger charge is 2.19. The van der Waals surface area contributed by atoms with Crippen molar-refractivity contribution >= 4 is 40.7 Å². The fourth-order valence-electron chi connectivity index (χ4n) is 2.67. The molecule has 1 fully saturated rings. The number of carbonyl (C=O) groups is 1. The molecule has 1 N–H and O–H groups in total. The van der Waals surface area contributed by atoms with Crippen LogP contribution in [-0.2, 0) is 0 Å². The second-order valence-corrected chi connectivity index (χ2v) is 6.59. The molecule has 1 amide bonds. The number of benzene rings is 1. The largest absolute Gasteiger partial charge is 0.338 e. The van der Waals surface area contributed by atoms with Gasteiger partial charge < -0.3 is 15.1 Å². The molecule has 1 saturated heterocycles. The highest BCUT2D eigenvalue weighted by Crippen LogP contribution is 2.25. The van der Waals surface area contributed by atoms with Crippen molar-refractivity contribution < 1.29 is 4.79 Å². The summed E-state index contributed by atoms with van der Waals surface area (Å²) in [6, 6.07) is 6.49. The summed E-state index contributed by atoms with van der Waals surface area (Å²) in [4.78, 5) is 25.7. The first kappa shape index (κ1) is 17.9. The van der Waals surface area contributed by atoms with Crippen molar-refractivity contribution in [3.05, 3.63) is 46.2 Å². The molecular formula is C17H19Cl2N5O. The minimum atomic E-state index is -0.347. The van der Waals surface area contributed by atoms with Gasteiger partial charge in [0.05, 0.1) is 10.7 Å². The number of nitrogens with one attached hydrogen (secondary N) is 1. The summed E-state index contributed by atoms with van der Waals surface area (Å²) in [7, 11) is 0. The van der Waals surface area contributed by atoms with Gasteiger partial charge in [0.1, 0.15) is 5.69 Å². The van der Waals surface area contributed by atoms with Crippen molar-refractivity contribution in [1.82, 2.24) is 14.9 Å². The maximum Gasteiger partial charge on any atom is 0.274 e. The lowest BCUT2D eigenvalue weighted by Gasteiger charge is -2.34. The van der Waals surface area contributed by atoms with Crippen molar-refractivity contribution in [3.63, 3.8) is 0 Å². The number of nitrogens with zero attached hydrogens (tertiary/aromatic N) is 4. The number of piperazine rings is 1. The molecule has 0 atom stereocenters. The van der Waals surface area contributed by atoms with Gasteiger partial charge in [-0.3, -0.25) is 4.79 Å². The Labute approximate surface area is 156 Å². The van der Waals surface area contributed by atoms with Crippen molar-refractivity contribution in [2.45, 2.75) is 6.92 Å². The fourth-order valence-corrected chi connectivity index (χ4v) is 3.01. The van der Waals surface area contributed by atoms with E-state index in [-0.39, 0.29) is 5.91 Å². The molecule has 0 saturated carbocycles. The predicted octanol–water partition coefficient (Wildman–Crippen LogP) is 3.18. The zero-order valence-electron chi connectivity index (χ0n) is 13.9. The maximum atomic E-state index is 12.5. The van der Waals surface area contributed by atoms with Gasteiger partial charge in [-0.15, -0.1) is 0 Å². The first-order valence-corrected chi connectivity index (χ1v) is 8.89. The summed E-state index contributed by atoms with van der Waals surface area (Å²) >= 11 is 12.0. The molecule has 25 heavy (non-hydrogen) atoms. The van der Waals surface area contributed by atoms with Gasteiger partial charge in [0.15, 0.2) is 0 Å². The molecule has 132 valence electrons. The lowest BCUT2D eigenvalue weighted by Crippen LogP contribution is -2.46. The van der Waals surface area contributed by atoms with Crippen LogP contribution < -0.4 is 10.2 Å². The molecule has 2 aromatic rings. The topological polar surface area (TPSA) is 61.4 Å². The van der Waals surface area contributed by atoms with Gasteiger partial charge in [0, 0.05) is 37.4 Å². The minimum absolute atomic E-state index is 0.291. The summed E-state index contributed by atoms with van der Waals surface area (Å²) in [6.45, 7) is 6.82. The van der Waals surface area contributed by atoms with E-state index in [9.17, 15) is 4.79 Å². The second kappa shape index (κ2) is 7.99. The number of hydrogen-bond acceptors (Lipinski definition) is 5. The molecule has 0 bridgehead atoms. The Morgan fingerprint density at radius 3 is 2.68 bits per heavy atom. The quantitative estimate of drug-likeness (QED) is 0.883. The molecule has 1 aliphatic rings. The molecule has 1 aliphatic heterocycles. The van der Waals surface area contributed by atoms with Gasteiger partial charge >= 0.3 is 0 Å². The third-order valence-corrected chi connectivity index (χ3v) is 4.72. The van der Waals surface area contributed by atoms with E-state index in [1.54, 1.807) is 30.5 Å². The first-order valence-electron chi connectivity index (χ1n) is 8.13. The van der Waals surface area contributed by atoms with E-state index in [0.717, 1.165) is 32.7 Å². The van der Waals surface area contributed by atoms with E-state index in [0.29, 0.717) is 27.4 Å². The van der Waals surface area contributed by atoms with Crippen molar-refractivity contribution in [1.29, 1.82) is 0 Å². The Hall–Kier alpha value is -1.89. The van der Waals surface area contributed by atoms with Gasteiger partial charge in [-0.1, -0.05) is 30.1 Å². The van der Waals surface area contributed by atoms with E-state index < -0.39 is 0 Å². The van der Waals surface area contributed by atoms with Crippen LogP contribution in [0.25, 0.3) is 0 Å². The number of halogens is 2. The van der Waals surface area contributed by atoms with Gasteiger partial charge in [0.2, 0.25) is 5.95 Å². The molecule has 0 unspecified atom stereocenters. The Morgan fingerprint density at radius 1 is 1.20 bits per heavy atom. The van der Waals surface area contributed by atoms with Crippen LogP contribution in [0.2, 0.25) is 10.0 Å². The van der Waals surface area contributed by atoms with Crippen LogP contribution >= 0.6 is 23.2 Å². The molecule has 6 nitrogen and oxygen atoms in total. The van der Waals surface area contributed by atoms with Crippen LogP contribution in [-0.4, -0.2) is 53.5 Å². The zero-order valence-corrected chi connectivity index (χ0v) is 15.4. The summed E-state index contributed by atoms with van der Waals surface area (Å²) < 4.78 is 0. The number of likely N-dealkylation sites (N-methyl/N-ethyl adjacent to an activating group) is 1. The Kier molecular flexibility index (Phi) is 5.73. The molecule has 8 heteroatoms. The van der Waals surface area contributed by atoms with E-state index in [1.165, 1.54) is 0 Å². The van der Waals surface area contributed by atoms with Crippen LogP contribution in [0.3, 0.4) is 0 Å². The number of amides is 1. The zero-order chi connectivity index (χ0) is 17.8. The Balaban J connectivity index is 1.72. The highest BCUT2D eigenvalue weighted by molar-refractivity contribution is 6.35. The molecule has 2 heterocycles. The second-order valence-electron chi connectivity index (χ2n) is 5.74. The molecular weight excluding hydrogens is 361 g/mol. The summed E-state index contributed by atoms with van der Waals surface area (Å²) in [5, 5.41) is 3.66. The Morgan fingerprint density at radius 2 is 1.96 bits per heavy atom. The van der Waals surface area contributed by atoms with Crippen molar-refractivity contribution in [2.75, 3.05) is 42.9 Å². The monoisotopic (exact) mass is 379 g/mol. The fraction of sp³-hybridized carbons (Fsp3) is 0.353. The highest BCUT2D eigenvalue weighted by atomic mass is 35.5. The smallest absolute Gasteiger partial charge is 0.274 e. The molecule has 1 aromatic heterocycles. The number of rotatable bonds is 4. The molecule has 0 radical (unpaired) electrons. The first-order chi connectivity index (χ1) is 12.1. The lowest BCUT2D eigenvalue weighted by molar-refractivity contribution is 0.102. The van der Waals surface area contributed by atoms with E-state index >= 15 is 0 Å². The lowest BCUT2D eigenvalue weighted by atomic mass is 10.3. The summed E-state index contributed by atoms with van der Waals surface area (Å²) in [5.41, 5.74) is 0.745. The predicted molar refractivity (Wildman–Crippen MR) is 101 cm³/mol. The number of aromatic nitrogens is 2. The summed E-state index contributed by atoms with van der Waals surface area (Å²) in [5.74, 6) is 0.223. The third-order valence-electron chi connectivity index (χ3n) is 4.15. The molecule has 1 aromatic carbocycles. The van der Waals surface area contributed by atoms with E-state index in [2.05, 4.69) is 32.0 Å². The van der Waals surface area contributed by atoms with Crippen molar-refractivity contribution in [2.24, 2.45) is 0 Å². The van der Waals surface area contributed by atoms with Crippen LogP contribution in [0.4, 0.5) is 11.6 Å². The number of anilines is 2. The minimum Gasteiger partial charge on any atom is -0.338 e. The molecule has 3 rings (SSSR count). The van der Waals surface area contributed by atoms with Gasteiger partial charge in [-0.2, -0.15) is 0 Å². The van der Waals surface area contributed by atoms with Gasteiger partial charge in [-0.25, -0.2) is 9.97 Å².